The summed E-state index contributed by atoms with van der Waals surface area (Å²) in [5, 5.41) is 0. The summed E-state index contributed by atoms with van der Waals surface area (Å²) >= 11 is 0. The predicted octanol–water partition coefficient (Wildman–Crippen LogP) is 2.94. The van der Waals surface area contributed by atoms with Crippen molar-refractivity contribution in [1.82, 2.24) is 14.5 Å². The summed E-state index contributed by atoms with van der Waals surface area (Å²) in [5.74, 6) is 0.500. The monoisotopic (exact) mass is 325 g/mol. The van der Waals surface area contributed by atoms with Gasteiger partial charge in [0.1, 0.15) is 11.3 Å². The van der Waals surface area contributed by atoms with E-state index in [9.17, 15) is 4.79 Å². The first kappa shape index (κ1) is 16.0. The second-order valence-corrected chi connectivity index (χ2v) is 5.69. The summed E-state index contributed by atoms with van der Waals surface area (Å²) in [6, 6.07) is 9.43. The fourth-order valence-electron chi connectivity index (χ4n) is 2.44. The average molecular weight is 325 g/mol. The van der Waals surface area contributed by atoms with E-state index in [0.717, 1.165) is 17.0 Å². The first-order valence-electron chi connectivity index (χ1n) is 7.66. The van der Waals surface area contributed by atoms with E-state index in [2.05, 4.69) is 9.97 Å². The number of fused-ring (bicyclic) bond motifs is 1. The summed E-state index contributed by atoms with van der Waals surface area (Å²) in [6.07, 6.45) is 3.18. The molecule has 2 aromatic heterocycles. The van der Waals surface area contributed by atoms with Crippen molar-refractivity contribution in [1.29, 1.82) is 0 Å². The van der Waals surface area contributed by atoms with Crippen molar-refractivity contribution in [3.05, 3.63) is 54.0 Å². The third-order valence-electron chi connectivity index (χ3n) is 3.94. The fourth-order valence-corrected chi connectivity index (χ4v) is 2.44. The molecule has 0 aliphatic rings. The summed E-state index contributed by atoms with van der Waals surface area (Å²) in [6.45, 7) is 2.31. The van der Waals surface area contributed by atoms with Gasteiger partial charge in [0.25, 0.3) is 0 Å². The number of rotatable bonds is 5. The van der Waals surface area contributed by atoms with E-state index in [1.807, 2.05) is 38.2 Å². The lowest BCUT2D eigenvalue weighted by atomic mass is 10.0. The molecule has 1 aromatic carbocycles. The number of esters is 1. The zero-order valence-corrected chi connectivity index (χ0v) is 13.9. The van der Waals surface area contributed by atoms with Crippen LogP contribution >= 0.6 is 0 Å². The number of aryl methyl sites for hydroxylation is 1. The molecule has 0 fully saturated rings. The van der Waals surface area contributed by atoms with Gasteiger partial charge >= 0.3 is 5.97 Å². The van der Waals surface area contributed by atoms with Crippen LogP contribution in [0.3, 0.4) is 0 Å². The Balaban J connectivity index is 1.64. The van der Waals surface area contributed by atoms with Crippen LogP contribution in [0.15, 0.2) is 42.9 Å². The minimum atomic E-state index is -0.393. The standard InChI is InChI=1S/C18H19N3O3/c1-12(13-4-6-15(23-3)7-5-13)10-24-18(22)14-8-16-17(19-9-14)21(2)11-20-16/h4-9,11-12H,10H2,1-3H3. The molecular formula is C18H19N3O3. The lowest BCUT2D eigenvalue weighted by Gasteiger charge is -2.13. The highest BCUT2D eigenvalue weighted by Crippen LogP contribution is 2.20. The molecule has 0 spiro atoms. The van der Waals surface area contributed by atoms with Gasteiger partial charge in [-0.15, -0.1) is 0 Å². The molecule has 0 radical (unpaired) electrons. The van der Waals surface area contributed by atoms with Crippen molar-refractivity contribution in [2.75, 3.05) is 13.7 Å². The smallest absolute Gasteiger partial charge is 0.339 e. The molecule has 0 amide bonds. The first-order chi connectivity index (χ1) is 11.6. The van der Waals surface area contributed by atoms with Crippen molar-refractivity contribution in [3.63, 3.8) is 0 Å². The molecule has 0 bridgehead atoms. The largest absolute Gasteiger partial charge is 0.497 e. The summed E-state index contributed by atoms with van der Waals surface area (Å²) < 4.78 is 12.4. The average Bonchev–Trinajstić information content (AvgIpc) is 3.00. The Labute approximate surface area is 140 Å². The number of nitrogens with zero attached hydrogens (tertiary/aromatic N) is 3. The van der Waals surface area contributed by atoms with Gasteiger partial charge in [0.05, 0.1) is 25.6 Å². The molecule has 24 heavy (non-hydrogen) atoms. The first-order valence-corrected chi connectivity index (χ1v) is 7.66. The lowest BCUT2D eigenvalue weighted by molar-refractivity contribution is 0.0485. The Morgan fingerprint density at radius 1 is 1.25 bits per heavy atom. The highest BCUT2D eigenvalue weighted by Gasteiger charge is 2.13. The quantitative estimate of drug-likeness (QED) is 0.675. The maximum Gasteiger partial charge on any atom is 0.339 e. The van der Waals surface area contributed by atoms with Crippen LogP contribution in [0.5, 0.6) is 5.75 Å². The van der Waals surface area contributed by atoms with Gasteiger partial charge in [-0.3, -0.25) is 0 Å². The van der Waals surface area contributed by atoms with Crippen LogP contribution in [0.2, 0.25) is 0 Å². The molecule has 1 unspecified atom stereocenters. The molecule has 0 saturated carbocycles. The van der Waals surface area contributed by atoms with Gasteiger partial charge in [0, 0.05) is 19.2 Å². The Kier molecular flexibility index (Phi) is 4.46. The topological polar surface area (TPSA) is 66.2 Å². The number of pyridine rings is 1. The van der Waals surface area contributed by atoms with Crippen molar-refractivity contribution < 1.29 is 14.3 Å². The molecule has 6 nitrogen and oxygen atoms in total. The van der Waals surface area contributed by atoms with Gasteiger partial charge in [-0.1, -0.05) is 19.1 Å². The number of carbonyl (C=O) groups is 1. The number of methoxy groups -OCH3 is 1. The van der Waals surface area contributed by atoms with Crippen LogP contribution in [0.4, 0.5) is 0 Å². The molecular weight excluding hydrogens is 306 g/mol. The Morgan fingerprint density at radius 2 is 2.00 bits per heavy atom. The zero-order chi connectivity index (χ0) is 17.1. The molecule has 3 rings (SSSR count). The van der Waals surface area contributed by atoms with E-state index in [1.54, 1.807) is 24.1 Å². The van der Waals surface area contributed by atoms with E-state index in [0.29, 0.717) is 17.7 Å². The summed E-state index contributed by atoms with van der Waals surface area (Å²) in [5.41, 5.74) is 2.90. The lowest BCUT2D eigenvalue weighted by Crippen LogP contribution is -2.11. The van der Waals surface area contributed by atoms with Crippen molar-refractivity contribution in [3.8, 4) is 5.75 Å². The van der Waals surface area contributed by atoms with E-state index in [1.165, 1.54) is 6.20 Å². The third kappa shape index (κ3) is 3.22. The van der Waals surface area contributed by atoms with Crippen LogP contribution in [0.25, 0.3) is 11.2 Å². The highest BCUT2D eigenvalue weighted by molar-refractivity contribution is 5.92. The van der Waals surface area contributed by atoms with Crippen molar-refractivity contribution in [2.24, 2.45) is 7.05 Å². The zero-order valence-electron chi connectivity index (χ0n) is 13.9. The number of benzene rings is 1. The molecule has 0 saturated heterocycles. The number of hydrogen-bond acceptors (Lipinski definition) is 5. The van der Waals surface area contributed by atoms with Gasteiger partial charge in [0.2, 0.25) is 0 Å². The van der Waals surface area contributed by atoms with Crippen molar-refractivity contribution >= 4 is 17.1 Å². The molecule has 0 aliphatic heterocycles. The molecule has 2 heterocycles. The molecule has 0 N–H and O–H groups in total. The van der Waals surface area contributed by atoms with Gasteiger partial charge in [0.15, 0.2) is 5.65 Å². The van der Waals surface area contributed by atoms with Gasteiger partial charge in [-0.25, -0.2) is 14.8 Å². The fraction of sp³-hybridized carbons (Fsp3) is 0.278. The predicted molar refractivity (Wildman–Crippen MR) is 90.2 cm³/mol. The summed E-state index contributed by atoms with van der Waals surface area (Å²) in [4.78, 5) is 20.7. The molecule has 1 atom stereocenters. The van der Waals surface area contributed by atoms with Gasteiger partial charge in [-0.05, 0) is 23.8 Å². The van der Waals surface area contributed by atoms with Crippen molar-refractivity contribution in [2.45, 2.75) is 12.8 Å². The number of carbonyl (C=O) groups excluding carboxylic acids is 1. The molecule has 3 aromatic rings. The Morgan fingerprint density at radius 3 is 2.71 bits per heavy atom. The SMILES string of the molecule is COc1ccc(C(C)COC(=O)c2cnc3c(c2)ncn3C)cc1. The minimum absolute atomic E-state index is 0.0893. The second kappa shape index (κ2) is 6.70. The van der Waals surface area contributed by atoms with Crippen LogP contribution in [0, 0.1) is 0 Å². The highest BCUT2D eigenvalue weighted by atomic mass is 16.5. The maximum atomic E-state index is 12.2. The normalized spacial score (nSPS) is 12.1. The molecule has 0 aliphatic carbocycles. The van der Waals surface area contributed by atoms with Crippen LogP contribution in [-0.4, -0.2) is 34.2 Å². The summed E-state index contributed by atoms with van der Waals surface area (Å²) in [7, 11) is 3.49. The van der Waals surface area contributed by atoms with Gasteiger partial charge in [-0.2, -0.15) is 0 Å². The van der Waals surface area contributed by atoms with E-state index >= 15 is 0 Å². The van der Waals surface area contributed by atoms with Crippen LogP contribution in [-0.2, 0) is 11.8 Å². The van der Waals surface area contributed by atoms with E-state index < -0.39 is 5.97 Å². The van der Waals surface area contributed by atoms with E-state index in [4.69, 9.17) is 9.47 Å². The maximum absolute atomic E-state index is 12.2. The van der Waals surface area contributed by atoms with E-state index in [-0.39, 0.29) is 5.92 Å². The number of ether oxygens (including phenoxy) is 2. The minimum Gasteiger partial charge on any atom is -0.497 e. The number of imidazole rings is 1. The second-order valence-electron chi connectivity index (χ2n) is 5.69. The van der Waals surface area contributed by atoms with Gasteiger partial charge < -0.3 is 14.0 Å². The Hall–Kier alpha value is -2.89. The Bertz CT molecular complexity index is 856. The number of hydrogen-bond donors (Lipinski definition) is 0. The molecule has 124 valence electrons. The number of aromatic nitrogens is 3. The third-order valence-corrected chi connectivity index (χ3v) is 3.94. The van der Waals surface area contributed by atoms with Crippen LogP contribution in [0.1, 0.15) is 28.8 Å². The van der Waals surface area contributed by atoms with Crippen LogP contribution < -0.4 is 4.74 Å². The molecule has 6 heteroatoms.